The van der Waals surface area contributed by atoms with Crippen LogP contribution in [0.3, 0.4) is 0 Å². The Bertz CT molecular complexity index is 1070. The summed E-state index contributed by atoms with van der Waals surface area (Å²) in [4.78, 5) is 12.0. The highest BCUT2D eigenvalue weighted by Gasteiger charge is 2.10. The van der Waals surface area contributed by atoms with Gasteiger partial charge in [-0.15, -0.1) is 0 Å². The largest absolute Gasteiger partial charge is 0.487 e. The standard InChI is InChI=1S/C23H20ClI2N3O2/c1-15-6-8-18(9-7-15)27-13-22(30)29-28-12-16-10-20(25)23(21(26)11-16)31-14-17-4-2-3-5-19(17)24/h2-12,27H,13-14H2,1H3,(H,29,30)/b28-12-. The van der Waals surface area contributed by atoms with Gasteiger partial charge in [-0.3, -0.25) is 4.79 Å². The molecule has 8 heteroatoms. The van der Waals surface area contributed by atoms with Crippen molar-refractivity contribution in [2.24, 2.45) is 5.10 Å². The van der Waals surface area contributed by atoms with Gasteiger partial charge in [0, 0.05) is 16.3 Å². The number of rotatable bonds is 8. The van der Waals surface area contributed by atoms with E-state index in [9.17, 15) is 4.79 Å². The highest BCUT2D eigenvalue weighted by molar-refractivity contribution is 14.1. The Morgan fingerprint density at radius 3 is 2.45 bits per heavy atom. The van der Waals surface area contributed by atoms with E-state index in [1.165, 1.54) is 5.56 Å². The summed E-state index contributed by atoms with van der Waals surface area (Å²) >= 11 is 10.7. The molecule has 160 valence electrons. The van der Waals surface area contributed by atoms with Crippen molar-refractivity contribution in [2.75, 3.05) is 11.9 Å². The van der Waals surface area contributed by atoms with Crippen LogP contribution in [0.5, 0.6) is 5.75 Å². The number of hydrogen-bond donors (Lipinski definition) is 2. The molecular formula is C23H20ClI2N3O2. The zero-order valence-electron chi connectivity index (χ0n) is 16.7. The van der Waals surface area contributed by atoms with Crippen LogP contribution in [0.25, 0.3) is 0 Å². The molecule has 0 fully saturated rings. The highest BCUT2D eigenvalue weighted by Crippen LogP contribution is 2.30. The van der Waals surface area contributed by atoms with E-state index in [1.54, 1.807) is 6.21 Å². The number of benzene rings is 3. The first-order valence-corrected chi connectivity index (χ1v) is 11.9. The fourth-order valence-corrected chi connectivity index (χ4v) is 4.95. The quantitative estimate of drug-likeness (QED) is 0.177. The number of halogens is 3. The number of ether oxygens (including phenoxy) is 1. The summed E-state index contributed by atoms with van der Waals surface area (Å²) in [6.07, 6.45) is 1.62. The molecule has 0 spiro atoms. The van der Waals surface area contributed by atoms with Gasteiger partial charge in [0.25, 0.3) is 5.91 Å². The van der Waals surface area contributed by atoms with Crippen molar-refractivity contribution in [1.82, 2.24) is 5.43 Å². The van der Waals surface area contributed by atoms with Crippen molar-refractivity contribution in [2.45, 2.75) is 13.5 Å². The molecule has 5 nitrogen and oxygen atoms in total. The van der Waals surface area contributed by atoms with Crippen LogP contribution < -0.4 is 15.5 Å². The molecule has 31 heavy (non-hydrogen) atoms. The molecule has 2 N–H and O–H groups in total. The summed E-state index contributed by atoms with van der Waals surface area (Å²) in [5.41, 5.74) is 6.40. The average Bonchev–Trinajstić information content (AvgIpc) is 2.74. The normalized spacial score (nSPS) is 10.8. The third kappa shape index (κ3) is 7.36. The zero-order valence-corrected chi connectivity index (χ0v) is 21.7. The molecule has 0 aromatic heterocycles. The Kier molecular flexibility index (Phi) is 8.97. The molecule has 0 saturated carbocycles. The van der Waals surface area contributed by atoms with E-state index in [-0.39, 0.29) is 12.5 Å². The van der Waals surface area contributed by atoms with E-state index < -0.39 is 0 Å². The maximum absolute atomic E-state index is 12.0. The molecule has 0 unspecified atom stereocenters. The SMILES string of the molecule is Cc1ccc(NCC(=O)N/N=C\c2cc(I)c(OCc3ccccc3Cl)c(I)c2)cc1. The number of amides is 1. The second-order valence-electron chi connectivity index (χ2n) is 6.71. The second-order valence-corrected chi connectivity index (χ2v) is 9.44. The van der Waals surface area contributed by atoms with Crippen molar-refractivity contribution in [1.29, 1.82) is 0 Å². The molecule has 3 aromatic rings. The summed E-state index contributed by atoms with van der Waals surface area (Å²) in [6, 6.07) is 19.4. The van der Waals surface area contributed by atoms with Gasteiger partial charge in [-0.25, -0.2) is 5.43 Å². The fourth-order valence-electron chi connectivity index (χ4n) is 2.63. The number of carbonyl (C=O) groups excluding carboxylic acids is 1. The van der Waals surface area contributed by atoms with E-state index >= 15 is 0 Å². The first-order chi connectivity index (χ1) is 14.9. The molecule has 0 radical (unpaired) electrons. The predicted molar refractivity (Wildman–Crippen MR) is 143 cm³/mol. The van der Waals surface area contributed by atoms with Crippen molar-refractivity contribution in [3.05, 3.63) is 89.5 Å². The molecule has 1 amide bonds. The van der Waals surface area contributed by atoms with Crippen LogP contribution in [0.15, 0.2) is 65.8 Å². The number of hydrazone groups is 1. The Labute approximate surface area is 213 Å². The van der Waals surface area contributed by atoms with Crippen molar-refractivity contribution < 1.29 is 9.53 Å². The topological polar surface area (TPSA) is 62.7 Å². The number of hydrogen-bond acceptors (Lipinski definition) is 4. The van der Waals surface area contributed by atoms with E-state index in [1.807, 2.05) is 67.6 Å². The second kappa shape index (κ2) is 11.7. The summed E-state index contributed by atoms with van der Waals surface area (Å²) in [5.74, 6) is 0.575. The van der Waals surface area contributed by atoms with Crippen LogP contribution >= 0.6 is 56.8 Å². The molecule has 0 aliphatic rings. The van der Waals surface area contributed by atoms with Crippen molar-refractivity contribution in [3.63, 3.8) is 0 Å². The number of anilines is 1. The van der Waals surface area contributed by atoms with E-state index in [2.05, 4.69) is 61.0 Å². The lowest BCUT2D eigenvalue weighted by molar-refractivity contribution is -0.119. The minimum atomic E-state index is -0.221. The Balaban J connectivity index is 1.54. The predicted octanol–water partition coefficient (Wildman–Crippen LogP) is 6.00. The lowest BCUT2D eigenvalue weighted by Crippen LogP contribution is -2.25. The maximum Gasteiger partial charge on any atom is 0.259 e. The van der Waals surface area contributed by atoms with Crippen LogP contribution in [-0.4, -0.2) is 18.7 Å². The molecule has 0 saturated heterocycles. The monoisotopic (exact) mass is 659 g/mol. The first kappa shape index (κ1) is 23.8. The molecular weight excluding hydrogens is 640 g/mol. The fraction of sp³-hybridized carbons (Fsp3) is 0.130. The van der Waals surface area contributed by atoms with Gasteiger partial charge in [-0.05, 0) is 88.0 Å². The lowest BCUT2D eigenvalue weighted by Gasteiger charge is -2.12. The minimum Gasteiger partial charge on any atom is -0.487 e. The van der Waals surface area contributed by atoms with Crippen LogP contribution in [0, 0.1) is 14.1 Å². The van der Waals surface area contributed by atoms with Gasteiger partial charge in [-0.2, -0.15) is 5.10 Å². The van der Waals surface area contributed by atoms with Gasteiger partial charge < -0.3 is 10.1 Å². The average molecular weight is 660 g/mol. The smallest absolute Gasteiger partial charge is 0.259 e. The van der Waals surface area contributed by atoms with Crippen molar-refractivity contribution in [3.8, 4) is 5.75 Å². The van der Waals surface area contributed by atoms with Crippen LogP contribution in [0.2, 0.25) is 5.02 Å². The number of nitrogens with one attached hydrogen (secondary N) is 2. The van der Waals surface area contributed by atoms with E-state index in [0.717, 1.165) is 29.7 Å². The number of nitrogens with zero attached hydrogens (tertiary/aromatic N) is 1. The molecule has 3 rings (SSSR count). The summed E-state index contributed by atoms with van der Waals surface area (Å²) in [6.45, 7) is 2.55. The third-order valence-electron chi connectivity index (χ3n) is 4.26. The lowest BCUT2D eigenvalue weighted by atomic mass is 10.2. The van der Waals surface area contributed by atoms with Gasteiger partial charge in [0.15, 0.2) is 0 Å². The van der Waals surface area contributed by atoms with Crippen LogP contribution in [0.4, 0.5) is 5.69 Å². The van der Waals surface area contributed by atoms with Crippen LogP contribution in [-0.2, 0) is 11.4 Å². The minimum absolute atomic E-state index is 0.143. The maximum atomic E-state index is 12.0. The Morgan fingerprint density at radius 2 is 1.77 bits per heavy atom. The Morgan fingerprint density at radius 1 is 1.10 bits per heavy atom. The van der Waals surface area contributed by atoms with Gasteiger partial charge in [0.2, 0.25) is 0 Å². The van der Waals surface area contributed by atoms with Gasteiger partial charge >= 0.3 is 0 Å². The van der Waals surface area contributed by atoms with Gasteiger partial charge in [0.1, 0.15) is 12.4 Å². The number of aryl methyl sites for hydroxylation is 1. The van der Waals surface area contributed by atoms with Crippen molar-refractivity contribution >= 4 is 74.6 Å². The number of carbonyl (C=O) groups is 1. The van der Waals surface area contributed by atoms with E-state index in [4.69, 9.17) is 16.3 Å². The molecule has 0 aliphatic heterocycles. The molecule has 0 aliphatic carbocycles. The van der Waals surface area contributed by atoms with Gasteiger partial charge in [0.05, 0.1) is 19.9 Å². The van der Waals surface area contributed by atoms with Crippen LogP contribution in [0.1, 0.15) is 16.7 Å². The first-order valence-electron chi connectivity index (χ1n) is 9.40. The zero-order chi connectivity index (χ0) is 22.2. The molecule has 0 heterocycles. The summed E-state index contributed by atoms with van der Waals surface area (Å²) < 4.78 is 7.89. The highest BCUT2D eigenvalue weighted by atomic mass is 127. The Hall–Kier alpha value is -1.85. The van der Waals surface area contributed by atoms with E-state index in [0.29, 0.717) is 11.6 Å². The molecule has 0 atom stereocenters. The molecule has 0 bridgehead atoms. The summed E-state index contributed by atoms with van der Waals surface area (Å²) in [7, 11) is 0. The van der Waals surface area contributed by atoms with Gasteiger partial charge in [-0.1, -0.05) is 47.5 Å². The molecule has 3 aromatic carbocycles. The summed E-state index contributed by atoms with van der Waals surface area (Å²) in [5, 5.41) is 7.80. The third-order valence-corrected chi connectivity index (χ3v) is 6.23.